The molecule has 1 aromatic heterocycles. The van der Waals surface area contributed by atoms with Gasteiger partial charge in [0.1, 0.15) is 11.4 Å². The minimum absolute atomic E-state index is 0.0279. The second-order valence-electron chi connectivity index (χ2n) is 5.93. The summed E-state index contributed by atoms with van der Waals surface area (Å²) in [5.74, 6) is -1.45. The molecule has 0 atom stereocenters. The van der Waals surface area contributed by atoms with Crippen molar-refractivity contribution in [2.75, 3.05) is 26.0 Å². The van der Waals surface area contributed by atoms with Gasteiger partial charge in [-0.25, -0.2) is 9.78 Å². The lowest BCUT2D eigenvalue weighted by Crippen LogP contribution is -2.22. The SMILES string of the molecule is CCOc1ccc(C(=O)N(C)C)cc1NC(=O)c1ccc(C(=O)O)c(C)n1. The normalized spacial score (nSPS) is 10.2. The summed E-state index contributed by atoms with van der Waals surface area (Å²) in [7, 11) is 3.27. The number of hydrogen-bond acceptors (Lipinski definition) is 5. The highest BCUT2D eigenvalue weighted by molar-refractivity contribution is 6.05. The van der Waals surface area contributed by atoms with E-state index in [2.05, 4.69) is 10.3 Å². The Kier molecular flexibility index (Phi) is 6.12. The summed E-state index contributed by atoms with van der Waals surface area (Å²) in [6, 6.07) is 7.43. The number of ether oxygens (including phenoxy) is 1. The Morgan fingerprint density at radius 1 is 1.19 bits per heavy atom. The van der Waals surface area contributed by atoms with Gasteiger partial charge in [0, 0.05) is 19.7 Å². The van der Waals surface area contributed by atoms with E-state index >= 15 is 0 Å². The number of pyridine rings is 1. The molecule has 8 nitrogen and oxygen atoms in total. The molecule has 0 spiro atoms. The zero-order valence-electron chi connectivity index (χ0n) is 15.6. The fourth-order valence-corrected chi connectivity index (χ4v) is 2.40. The number of carbonyl (C=O) groups is 3. The number of aromatic carboxylic acids is 1. The summed E-state index contributed by atoms with van der Waals surface area (Å²) in [5.41, 5.74) is 1.04. The van der Waals surface area contributed by atoms with Crippen molar-refractivity contribution in [2.45, 2.75) is 13.8 Å². The van der Waals surface area contributed by atoms with Crippen LogP contribution in [0.25, 0.3) is 0 Å². The smallest absolute Gasteiger partial charge is 0.337 e. The van der Waals surface area contributed by atoms with E-state index in [-0.39, 0.29) is 22.9 Å². The quantitative estimate of drug-likeness (QED) is 0.807. The fraction of sp³-hybridized carbons (Fsp3) is 0.263. The summed E-state index contributed by atoms with van der Waals surface area (Å²) < 4.78 is 5.51. The fourth-order valence-electron chi connectivity index (χ4n) is 2.40. The van der Waals surface area contributed by atoms with Gasteiger partial charge in [0.2, 0.25) is 0 Å². The third kappa shape index (κ3) is 4.60. The molecule has 1 heterocycles. The highest BCUT2D eigenvalue weighted by Crippen LogP contribution is 2.27. The first kappa shape index (κ1) is 19.9. The monoisotopic (exact) mass is 371 g/mol. The summed E-state index contributed by atoms with van der Waals surface area (Å²) in [6.07, 6.45) is 0. The number of anilines is 1. The molecule has 2 rings (SSSR count). The molecule has 142 valence electrons. The number of benzene rings is 1. The first-order chi connectivity index (χ1) is 12.7. The van der Waals surface area contributed by atoms with Gasteiger partial charge < -0.3 is 20.1 Å². The van der Waals surface area contributed by atoms with E-state index in [1.54, 1.807) is 33.2 Å². The molecule has 0 saturated carbocycles. The van der Waals surface area contributed by atoms with Crippen molar-refractivity contribution in [3.05, 3.63) is 52.8 Å². The molecule has 0 fully saturated rings. The van der Waals surface area contributed by atoms with Gasteiger partial charge in [-0.1, -0.05) is 0 Å². The second kappa shape index (κ2) is 8.31. The van der Waals surface area contributed by atoms with Crippen LogP contribution < -0.4 is 10.1 Å². The van der Waals surface area contributed by atoms with Gasteiger partial charge >= 0.3 is 5.97 Å². The van der Waals surface area contributed by atoms with E-state index in [1.165, 1.54) is 30.0 Å². The summed E-state index contributed by atoms with van der Waals surface area (Å²) >= 11 is 0. The number of rotatable bonds is 6. The van der Waals surface area contributed by atoms with Crippen LogP contribution in [-0.2, 0) is 0 Å². The van der Waals surface area contributed by atoms with Crippen LogP contribution in [0.5, 0.6) is 5.75 Å². The third-order valence-electron chi connectivity index (χ3n) is 3.73. The maximum absolute atomic E-state index is 12.5. The van der Waals surface area contributed by atoms with Crippen LogP contribution in [0.2, 0.25) is 0 Å². The van der Waals surface area contributed by atoms with Crippen LogP contribution in [0, 0.1) is 6.92 Å². The van der Waals surface area contributed by atoms with E-state index in [0.29, 0.717) is 23.6 Å². The van der Waals surface area contributed by atoms with Crippen molar-refractivity contribution >= 4 is 23.5 Å². The van der Waals surface area contributed by atoms with Crippen molar-refractivity contribution in [2.24, 2.45) is 0 Å². The topological polar surface area (TPSA) is 109 Å². The van der Waals surface area contributed by atoms with Crippen LogP contribution in [0.3, 0.4) is 0 Å². The minimum Gasteiger partial charge on any atom is -0.492 e. The molecule has 0 aliphatic carbocycles. The van der Waals surface area contributed by atoms with Gasteiger partial charge in [0.25, 0.3) is 11.8 Å². The molecule has 2 aromatic rings. The van der Waals surface area contributed by atoms with Crippen molar-refractivity contribution in [1.29, 1.82) is 0 Å². The summed E-state index contributed by atoms with van der Waals surface area (Å²) in [6.45, 7) is 3.71. The number of nitrogens with one attached hydrogen (secondary N) is 1. The maximum Gasteiger partial charge on any atom is 0.337 e. The average Bonchev–Trinajstić information content (AvgIpc) is 2.62. The first-order valence-electron chi connectivity index (χ1n) is 8.25. The molecule has 1 aromatic carbocycles. The Hall–Kier alpha value is -3.42. The highest BCUT2D eigenvalue weighted by atomic mass is 16.5. The Labute approximate surface area is 156 Å². The molecule has 0 radical (unpaired) electrons. The van der Waals surface area contributed by atoms with E-state index in [0.717, 1.165) is 0 Å². The van der Waals surface area contributed by atoms with Gasteiger partial charge in [-0.15, -0.1) is 0 Å². The van der Waals surface area contributed by atoms with E-state index < -0.39 is 11.9 Å². The lowest BCUT2D eigenvalue weighted by atomic mass is 10.1. The van der Waals surface area contributed by atoms with Gasteiger partial charge in [-0.05, 0) is 44.2 Å². The van der Waals surface area contributed by atoms with E-state index in [4.69, 9.17) is 9.84 Å². The molecule has 0 aliphatic rings. The van der Waals surface area contributed by atoms with Crippen LogP contribution in [-0.4, -0.2) is 53.5 Å². The number of hydrogen-bond donors (Lipinski definition) is 2. The summed E-state index contributed by atoms with van der Waals surface area (Å²) in [5, 5.41) is 11.7. The molecule has 0 bridgehead atoms. The largest absolute Gasteiger partial charge is 0.492 e. The van der Waals surface area contributed by atoms with Crippen molar-refractivity contribution in [3.8, 4) is 5.75 Å². The zero-order chi connectivity index (χ0) is 20.1. The van der Waals surface area contributed by atoms with Crippen LogP contribution in [0.1, 0.15) is 43.8 Å². The Bertz CT molecular complexity index is 893. The minimum atomic E-state index is -1.11. The molecule has 0 aliphatic heterocycles. The number of carbonyl (C=O) groups excluding carboxylic acids is 2. The molecule has 2 amide bonds. The van der Waals surface area contributed by atoms with Crippen LogP contribution in [0.15, 0.2) is 30.3 Å². The molecular weight excluding hydrogens is 350 g/mol. The first-order valence-corrected chi connectivity index (χ1v) is 8.25. The lowest BCUT2D eigenvalue weighted by molar-refractivity contribution is 0.0694. The van der Waals surface area contributed by atoms with Crippen LogP contribution >= 0.6 is 0 Å². The molecule has 8 heteroatoms. The molecule has 2 N–H and O–H groups in total. The van der Waals surface area contributed by atoms with Gasteiger partial charge in [0.05, 0.1) is 23.6 Å². The number of carboxylic acid groups (broad SMARTS) is 1. The van der Waals surface area contributed by atoms with E-state index in [1.807, 2.05) is 0 Å². The Balaban J connectivity index is 2.35. The summed E-state index contributed by atoms with van der Waals surface area (Å²) in [4.78, 5) is 41.3. The lowest BCUT2D eigenvalue weighted by Gasteiger charge is -2.15. The average molecular weight is 371 g/mol. The number of nitrogens with zero attached hydrogens (tertiary/aromatic N) is 2. The van der Waals surface area contributed by atoms with Crippen LogP contribution in [0.4, 0.5) is 5.69 Å². The third-order valence-corrected chi connectivity index (χ3v) is 3.73. The maximum atomic E-state index is 12.5. The zero-order valence-corrected chi connectivity index (χ0v) is 15.6. The van der Waals surface area contributed by atoms with Crippen molar-refractivity contribution in [1.82, 2.24) is 9.88 Å². The van der Waals surface area contributed by atoms with Crippen molar-refractivity contribution in [3.63, 3.8) is 0 Å². The molecular formula is C19H21N3O5. The standard InChI is InChI=1S/C19H21N3O5/c1-5-27-16-9-6-12(18(24)22(3)4)10-15(16)21-17(23)14-8-7-13(19(25)26)11(2)20-14/h6-10H,5H2,1-4H3,(H,21,23)(H,25,26). The molecule has 27 heavy (non-hydrogen) atoms. The van der Waals surface area contributed by atoms with Gasteiger partial charge in [-0.2, -0.15) is 0 Å². The number of aryl methyl sites for hydroxylation is 1. The second-order valence-corrected chi connectivity index (χ2v) is 5.93. The highest BCUT2D eigenvalue weighted by Gasteiger charge is 2.17. The molecule has 0 unspecified atom stereocenters. The number of carboxylic acids is 1. The predicted octanol–water partition coefficient (Wildman–Crippen LogP) is 2.44. The van der Waals surface area contributed by atoms with Crippen molar-refractivity contribution < 1.29 is 24.2 Å². The van der Waals surface area contributed by atoms with Gasteiger partial charge in [-0.3, -0.25) is 9.59 Å². The predicted molar refractivity (Wildman–Crippen MR) is 99.5 cm³/mol. The van der Waals surface area contributed by atoms with E-state index in [9.17, 15) is 14.4 Å². The van der Waals surface area contributed by atoms with Gasteiger partial charge in [0.15, 0.2) is 0 Å². The Morgan fingerprint density at radius 3 is 2.44 bits per heavy atom. The number of aromatic nitrogens is 1. The number of amides is 2. The Morgan fingerprint density at radius 2 is 1.89 bits per heavy atom. The molecule has 0 saturated heterocycles.